The van der Waals surface area contributed by atoms with Crippen LogP contribution in [0.4, 0.5) is 4.79 Å². The summed E-state index contributed by atoms with van der Waals surface area (Å²) in [5.74, 6) is 0. The number of hydrogen-bond donors (Lipinski definition) is 0. The molecule has 1 saturated heterocycles. The molecule has 1 atom stereocenters. The lowest BCUT2D eigenvalue weighted by Crippen LogP contribution is -2.59. The first-order chi connectivity index (χ1) is 7.84. The van der Waals surface area contributed by atoms with E-state index in [9.17, 15) is 9.59 Å². The highest BCUT2D eigenvalue weighted by Crippen LogP contribution is 2.22. The minimum absolute atomic E-state index is 0.124. The second-order valence-electron chi connectivity index (χ2n) is 5.00. The fraction of sp³-hybridized carbons (Fsp3) is 0.667. The Labute approximate surface area is 101 Å². The van der Waals surface area contributed by atoms with E-state index in [0.29, 0.717) is 19.4 Å². The van der Waals surface area contributed by atoms with E-state index in [4.69, 9.17) is 9.47 Å². The molecule has 0 bridgehead atoms. The number of rotatable bonds is 2. The van der Waals surface area contributed by atoms with Crippen LogP contribution in [0.2, 0.25) is 0 Å². The summed E-state index contributed by atoms with van der Waals surface area (Å²) in [5, 5.41) is 0. The van der Waals surface area contributed by atoms with Crippen molar-refractivity contribution in [3.63, 3.8) is 0 Å². The van der Waals surface area contributed by atoms with Crippen LogP contribution in [0.1, 0.15) is 20.8 Å². The Bertz CT molecular complexity index is 311. The molecule has 0 aliphatic carbocycles. The molecule has 17 heavy (non-hydrogen) atoms. The Morgan fingerprint density at radius 1 is 1.53 bits per heavy atom. The topological polar surface area (TPSA) is 55.8 Å². The lowest BCUT2D eigenvalue weighted by Gasteiger charge is -2.41. The van der Waals surface area contributed by atoms with Gasteiger partial charge in [-0.3, -0.25) is 4.90 Å². The molecule has 1 rings (SSSR count). The zero-order valence-corrected chi connectivity index (χ0v) is 10.6. The van der Waals surface area contributed by atoms with Crippen LogP contribution >= 0.6 is 0 Å². The zero-order valence-electron chi connectivity index (χ0n) is 10.6. The fourth-order valence-electron chi connectivity index (χ4n) is 1.57. The summed E-state index contributed by atoms with van der Waals surface area (Å²) in [7, 11) is 0. The third-order valence-electron chi connectivity index (χ3n) is 2.47. The van der Waals surface area contributed by atoms with Gasteiger partial charge < -0.3 is 14.3 Å². The van der Waals surface area contributed by atoms with Crippen molar-refractivity contribution in [2.45, 2.75) is 31.9 Å². The summed E-state index contributed by atoms with van der Waals surface area (Å²) in [6, 6.07) is 0. The van der Waals surface area contributed by atoms with Crippen molar-refractivity contribution in [2.24, 2.45) is 0 Å². The minimum Gasteiger partial charge on any atom is -0.444 e. The van der Waals surface area contributed by atoms with Crippen molar-refractivity contribution in [1.29, 1.82) is 0 Å². The fourth-order valence-corrected chi connectivity index (χ4v) is 1.57. The Morgan fingerprint density at radius 2 is 2.18 bits per heavy atom. The molecule has 0 aromatic rings. The first-order valence-corrected chi connectivity index (χ1v) is 5.53. The Balaban J connectivity index is 2.88. The van der Waals surface area contributed by atoms with Crippen molar-refractivity contribution in [3.8, 4) is 0 Å². The van der Waals surface area contributed by atoms with Gasteiger partial charge in [0.05, 0.1) is 13.2 Å². The lowest BCUT2D eigenvalue weighted by atomic mass is 9.99. The van der Waals surface area contributed by atoms with Gasteiger partial charge in [-0.25, -0.2) is 4.79 Å². The van der Waals surface area contributed by atoms with Gasteiger partial charge in [-0.05, 0) is 20.8 Å². The summed E-state index contributed by atoms with van der Waals surface area (Å²) >= 11 is 0. The van der Waals surface area contributed by atoms with Gasteiger partial charge in [-0.2, -0.15) is 0 Å². The molecule has 1 heterocycles. The molecule has 5 heteroatoms. The van der Waals surface area contributed by atoms with Crippen LogP contribution in [-0.4, -0.2) is 48.2 Å². The number of aldehydes is 1. The van der Waals surface area contributed by atoms with E-state index in [-0.39, 0.29) is 6.61 Å². The smallest absolute Gasteiger partial charge is 0.411 e. The van der Waals surface area contributed by atoms with E-state index in [0.717, 1.165) is 0 Å². The first-order valence-electron chi connectivity index (χ1n) is 5.53. The summed E-state index contributed by atoms with van der Waals surface area (Å²) in [4.78, 5) is 24.5. The number of morpholine rings is 1. The Morgan fingerprint density at radius 3 is 2.65 bits per heavy atom. The van der Waals surface area contributed by atoms with E-state index in [1.54, 1.807) is 20.8 Å². The Kier molecular flexibility index (Phi) is 3.93. The van der Waals surface area contributed by atoms with Crippen LogP contribution in [-0.2, 0) is 14.3 Å². The molecule has 1 aliphatic rings. The van der Waals surface area contributed by atoms with Crippen molar-refractivity contribution >= 4 is 12.4 Å². The van der Waals surface area contributed by atoms with Gasteiger partial charge in [0, 0.05) is 6.54 Å². The summed E-state index contributed by atoms with van der Waals surface area (Å²) < 4.78 is 10.5. The second kappa shape index (κ2) is 4.87. The van der Waals surface area contributed by atoms with Crippen LogP contribution < -0.4 is 0 Å². The van der Waals surface area contributed by atoms with Gasteiger partial charge in [0.1, 0.15) is 11.1 Å². The molecule has 0 aromatic carbocycles. The highest BCUT2D eigenvalue weighted by molar-refractivity contribution is 5.79. The molecule has 1 aliphatic heterocycles. The second-order valence-corrected chi connectivity index (χ2v) is 5.00. The molecule has 1 unspecified atom stereocenters. The van der Waals surface area contributed by atoms with Crippen LogP contribution in [0.5, 0.6) is 0 Å². The maximum Gasteiger partial charge on any atom is 0.411 e. The molecule has 0 radical (unpaired) electrons. The monoisotopic (exact) mass is 241 g/mol. The van der Waals surface area contributed by atoms with Crippen LogP contribution in [0.3, 0.4) is 0 Å². The number of hydrogen-bond acceptors (Lipinski definition) is 4. The third-order valence-corrected chi connectivity index (χ3v) is 2.47. The molecule has 0 aromatic heterocycles. The lowest BCUT2D eigenvalue weighted by molar-refractivity contribution is -0.124. The first kappa shape index (κ1) is 13.7. The van der Waals surface area contributed by atoms with Gasteiger partial charge in [0.15, 0.2) is 6.29 Å². The maximum atomic E-state index is 12.0. The number of ether oxygens (including phenoxy) is 2. The Hall–Kier alpha value is -1.36. The van der Waals surface area contributed by atoms with Crippen molar-refractivity contribution in [1.82, 2.24) is 4.90 Å². The number of nitrogens with zero attached hydrogens (tertiary/aromatic N) is 1. The molecule has 0 spiro atoms. The minimum atomic E-state index is -1.11. The van der Waals surface area contributed by atoms with Gasteiger partial charge >= 0.3 is 6.09 Å². The standard InChI is InChI=1S/C12H19NO4/c1-5-12(8-14)9-16-7-6-13(12)10(15)17-11(2,3)4/h5,8H,1,6-7,9H2,2-4H3. The van der Waals surface area contributed by atoms with Crippen molar-refractivity contribution < 1.29 is 19.1 Å². The maximum absolute atomic E-state index is 12.0. The average Bonchev–Trinajstić information content (AvgIpc) is 2.26. The highest BCUT2D eigenvalue weighted by Gasteiger charge is 2.41. The van der Waals surface area contributed by atoms with Gasteiger partial charge in [-0.1, -0.05) is 6.08 Å². The number of carbonyl (C=O) groups excluding carboxylic acids is 2. The van der Waals surface area contributed by atoms with Gasteiger partial charge in [0.25, 0.3) is 0 Å². The van der Waals surface area contributed by atoms with Gasteiger partial charge in [0.2, 0.25) is 0 Å². The summed E-state index contributed by atoms with van der Waals surface area (Å²) in [6.45, 7) is 9.77. The molecule has 5 nitrogen and oxygen atoms in total. The molecular formula is C12H19NO4. The van der Waals surface area contributed by atoms with E-state index >= 15 is 0 Å². The molecule has 1 fully saturated rings. The average molecular weight is 241 g/mol. The van der Waals surface area contributed by atoms with Crippen molar-refractivity contribution in [3.05, 3.63) is 12.7 Å². The molecule has 0 saturated carbocycles. The predicted octanol–water partition coefficient (Wildman–Crippen LogP) is 1.38. The van der Waals surface area contributed by atoms with Crippen LogP contribution in [0, 0.1) is 0 Å². The van der Waals surface area contributed by atoms with Gasteiger partial charge in [-0.15, -0.1) is 6.58 Å². The number of amides is 1. The summed E-state index contributed by atoms with van der Waals surface area (Å²) in [6.07, 6.45) is 1.57. The largest absolute Gasteiger partial charge is 0.444 e. The van der Waals surface area contributed by atoms with E-state index < -0.39 is 17.2 Å². The highest BCUT2D eigenvalue weighted by atomic mass is 16.6. The zero-order chi connectivity index (χ0) is 13.1. The van der Waals surface area contributed by atoms with E-state index in [1.807, 2.05) is 0 Å². The van der Waals surface area contributed by atoms with E-state index in [1.165, 1.54) is 11.0 Å². The summed E-state index contributed by atoms with van der Waals surface area (Å²) in [5.41, 5.74) is -1.70. The normalized spacial score (nSPS) is 25.2. The molecule has 96 valence electrons. The third kappa shape index (κ3) is 3.06. The molecule has 0 N–H and O–H groups in total. The van der Waals surface area contributed by atoms with Crippen molar-refractivity contribution in [2.75, 3.05) is 19.8 Å². The van der Waals surface area contributed by atoms with Crippen LogP contribution in [0.25, 0.3) is 0 Å². The predicted molar refractivity (Wildman–Crippen MR) is 62.8 cm³/mol. The molecule has 1 amide bonds. The van der Waals surface area contributed by atoms with E-state index in [2.05, 4.69) is 6.58 Å². The van der Waals surface area contributed by atoms with Crippen LogP contribution in [0.15, 0.2) is 12.7 Å². The number of carbonyl (C=O) groups is 2. The SMILES string of the molecule is C=CC1(C=O)COCCN1C(=O)OC(C)(C)C. The quantitative estimate of drug-likeness (QED) is 0.541. The molecular weight excluding hydrogens is 222 g/mol.